The maximum atomic E-state index is 12.8. The molecule has 1 aliphatic rings. The van der Waals surface area contributed by atoms with E-state index in [0.29, 0.717) is 18.6 Å². The number of ether oxygens (including phenoxy) is 2. The number of aromatic nitrogens is 2. The number of H-pyrrole nitrogens is 1. The van der Waals surface area contributed by atoms with Crippen molar-refractivity contribution in [2.45, 2.75) is 70.1 Å². The maximum absolute atomic E-state index is 12.8. The normalized spacial score (nSPS) is 23.4. The fourth-order valence-corrected chi connectivity index (χ4v) is 6.23. The topological polar surface area (TPSA) is 141 Å². The molecule has 0 radical (unpaired) electrons. The Morgan fingerprint density at radius 1 is 1.37 bits per heavy atom. The third-order valence-corrected chi connectivity index (χ3v) is 7.97. The minimum Gasteiger partial charge on any atom is -0.462 e. The summed E-state index contributed by atoms with van der Waals surface area (Å²) in [5.74, 6) is 2.23. The first kappa shape index (κ1) is 29.8. The van der Waals surface area contributed by atoms with Crippen molar-refractivity contribution in [2.24, 2.45) is 0 Å². The van der Waals surface area contributed by atoms with E-state index in [9.17, 15) is 19.5 Å². The fourth-order valence-electron chi connectivity index (χ4n) is 3.85. The standard InChI is InChI=1S/C25H32N3O8PS/c1-5-10-20(22(30)34-17(3)4)27-37(38,36-18-11-8-7-9-12-18)33-16-19-15-25(32,6-2)23(35-19)28-14-13-21(29)26-24(28)31/h2,7-9,11-14,17,19-20,23,32H,5,10,15-16H2,1,3-4H3,(H,27,38)(H,26,29,31)/t19-,20-,23+,25+,37?/m0/s1. The van der Waals surface area contributed by atoms with E-state index in [-0.39, 0.29) is 19.1 Å². The molecule has 13 heteroatoms. The van der Waals surface area contributed by atoms with Crippen LogP contribution >= 0.6 is 6.64 Å². The Kier molecular flexibility index (Phi) is 10.1. The largest absolute Gasteiger partial charge is 0.462 e. The van der Waals surface area contributed by atoms with Crippen molar-refractivity contribution >= 4 is 24.4 Å². The monoisotopic (exact) mass is 565 g/mol. The van der Waals surface area contributed by atoms with Gasteiger partial charge in [-0.15, -0.1) is 6.42 Å². The molecule has 0 spiro atoms. The van der Waals surface area contributed by atoms with Crippen molar-refractivity contribution in [1.82, 2.24) is 14.6 Å². The zero-order valence-electron chi connectivity index (χ0n) is 21.4. The Labute approximate surface area is 225 Å². The zero-order chi connectivity index (χ0) is 27.9. The first-order valence-electron chi connectivity index (χ1n) is 12.1. The number of para-hydroxylation sites is 1. The summed E-state index contributed by atoms with van der Waals surface area (Å²) in [6, 6.07) is 9.10. The van der Waals surface area contributed by atoms with Crippen molar-refractivity contribution < 1.29 is 28.4 Å². The molecule has 3 N–H and O–H groups in total. The summed E-state index contributed by atoms with van der Waals surface area (Å²) in [5.41, 5.74) is -3.25. The molecule has 2 aromatic rings. The summed E-state index contributed by atoms with van der Waals surface area (Å²) >= 11 is 5.78. The van der Waals surface area contributed by atoms with Crippen LogP contribution in [-0.4, -0.2) is 51.1 Å². The lowest BCUT2D eigenvalue weighted by atomic mass is 9.99. The average Bonchev–Trinajstić information content (AvgIpc) is 3.19. The molecular formula is C25H32N3O8PS. The lowest BCUT2D eigenvalue weighted by molar-refractivity contribution is -0.149. The second kappa shape index (κ2) is 12.8. The lowest BCUT2D eigenvalue weighted by Gasteiger charge is -2.29. The summed E-state index contributed by atoms with van der Waals surface area (Å²) in [4.78, 5) is 38.6. The number of nitrogens with one attached hydrogen (secondary N) is 2. The van der Waals surface area contributed by atoms with Gasteiger partial charge in [0.1, 0.15) is 11.8 Å². The number of aromatic amines is 1. The number of hydrogen-bond donors (Lipinski definition) is 3. The van der Waals surface area contributed by atoms with Crippen LogP contribution in [0.4, 0.5) is 0 Å². The van der Waals surface area contributed by atoms with Crippen LogP contribution in [0.2, 0.25) is 0 Å². The summed E-state index contributed by atoms with van der Waals surface area (Å²) < 4.78 is 24.4. The van der Waals surface area contributed by atoms with E-state index in [4.69, 9.17) is 36.8 Å². The minimum atomic E-state index is -3.38. The van der Waals surface area contributed by atoms with E-state index in [1.165, 1.54) is 6.20 Å². The van der Waals surface area contributed by atoms with Gasteiger partial charge in [-0.3, -0.25) is 19.1 Å². The average molecular weight is 566 g/mol. The molecule has 1 saturated heterocycles. The Hall–Kier alpha value is -2.78. The molecule has 1 unspecified atom stereocenters. The number of rotatable bonds is 12. The van der Waals surface area contributed by atoms with E-state index in [1.54, 1.807) is 38.1 Å². The number of hydrogen-bond acceptors (Lipinski definition) is 9. The molecule has 0 bridgehead atoms. The molecule has 206 valence electrons. The molecule has 0 amide bonds. The van der Waals surface area contributed by atoms with Gasteiger partial charge in [-0.2, -0.15) is 0 Å². The van der Waals surface area contributed by atoms with Crippen LogP contribution in [0.5, 0.6) is 5.75 Å². The molecule has 2 heterocycles. The highest BCUT2D eigenvalue weighted by molar-refractivity contribution is 8.09. The van der Waals surface area contributed by atoms with Crippen molar-refractivity contribution in [1.29, 1.82) is 0 Å². The first-order valence-corrected chi connectivity index (χ1v) is 14.8. The predicted molar refractivity (Wildman–Crippen MR) is 144 cm³/mol. The maximum Gasteiger partial charge on any atom is 0.330 e. The Morgan fingerprint density at radius 3 is 2.68 bits per heavy atom. The second-order valence-electron chi connectivity index (χ2n) is 9.05. The second-order valence-corrected chi connectivity index (χ2v) is 12.2. The van der Waals surface area contributed by atoms with Crippen LogP contribution in [0, 0.1) is 12.3 Å². The highest BCUT2D eigenvalue weighted by Crippen LogP contribution is 2.47. The summed E-state index contributed by atoms with van der Waals surface area (Å²) in [6.45, 7) is 1.87. The van der Waals surface area contributed by atoms with Gasteiger partial charge < -0.3 is 23.6 Å². The van der Waals surface area contributed by atoms with Crippen LogP contribution in [0.15, 0.2) is 52.2 Å². The molecule has 11 nitrogen and oxygen atoms in total. The summed E-state index contributed by atoms with van der Waals surface area (Å²) in [6.07, 6.45) is 5.39. The van der Waals surface area contributed by atoms with Gasteiger partial charge in [-0.1, -0.05) is 37.5 Å². The first-order chi connectivity index (χ1) is 18.0. The molecule has 3 rings (SSSR count). The van der Waals surface area contributed by atoms with Crippen molar-refractivity contribution in [3.05, 3.63) is 63.4 Å². The Balaban J connectivity index is 1.82. The van der Waals surface area contributed by atoms with Gasteiger partial charge in [-0.25, -0.2) is 9.88 Å². The van der Waals surface area contributed by atoms with Gasteiger partial charge in [0.15, 0.2) is 11.8 Å². The van der Waals surface area contributed by atoms with Crippen LogP contribution in [0.25, 0.3) is 0 Å². The van der Waals surface area contributed by atoms with Crippen LogP contribution in [-0.2, 0) is 30.6 Å². The predicted octanol–water partition coefficient (Wildman–Crippen LogP) is 2.22. The van der Waals surface area contributed by atoms with Crippen molar-refractivity contribution in [3.63, 3.8) is 0 Å². The number of carbonyl (C=O) groups is 1. The van der Waals surface area contributed by atoms with Crippen molar-refractivity contribution in [3.8, 4) is 18.1 Å². The minimum absolute atomic E-state index is 0.0891. The number of aliphatic hydroxyl groups is 1. The number of terminal acetylenes is 1. The van der Waals surface area contributed by atoms with Crippen LogP contribution in [0.3, 0.4) is 0 Å². The molecule has 1 aromatic carbocycles. The Morgan fingerprint density at radius 2 is 2.08 bits per heavy atom. The van der Waals surface area contributed by atoms with Gasteiger partial charge in [0.05, 0.1) is 18.8 Å². The number of nitrogens with zero attached hydrogens (tertiary/aromatic N) is 1. The number of carbonyl (C=O) groups excluding carboxylic acids is 1. The summed E-state index contributed by atoms with van der Waals surface area (Å²) in [5, 5.41) is 14.1. The fraction of sp³-hybridized carbons (Fsp3) is 0.480. The van der Waals surface area contributed by atoms with E-state index < -0.39 is 47.8 Å². The van der Waals surface area contributed by atoms with Gasteiger partial charge in [0.2, 0.25) is 0 Å². The molecular weight excluding hydrogens is 533 g/mol. The van der Waals surface area contributed by atoms with E-state index in [2.05, 4.69) is 16.0 Å². The van der Waals surface area contributed by atoms with Crippen molar-refractivity contribution in [2.75, 3.05) is 6.61 Å². The van der Waals surface area contributed by atoms with E-state index in [1.807, 2.05) is 13.0 Å². The molecule has 1 aliphatic heterocycles. The number of esters is 1. The zero-order valence-corrected chi connectivity index (χ0v) is 23.1. The molecule has 0 aliphatic carbocycles. The van der Waals surface area contributed by atoms with E-state index in [0.717, 1.165) is 10.6 Å². The number of benzene rings is 1. The summed E-state index contributed by atoms with van der Waals surface area (Å²) in [7, 11) is 0. The van der Waals surface area contributed by atoms with E-state index >= 15 is 0 Å². The third-order valence-electron chi connectivity index (χ3n) is 5.55. The van der Waals surface area contributed by atoms with Crippen LogP contribution < -0.4 is 20.9 Å². The smallest absolute Gasteiger partial charge is 0.330 e. The van der Waals surface area contributed by atoms with Gasteiger partial charge in [0.25, 0.3) is 5.56 Å². The molecule has 1 fully saturated rings. The van der Waals surface area contributed by atoms with Gasteiger partial charge in [-0.05, 0) is 44.2 Å². The van der Waals surface area contributed by atoms with Crippen LogP contribution in [0.1, 0.15) is 46.3 Å². The highest BCUT2D eigenvalue weighted by Gasteiger charge is 2.48. The Bertz CT molecular complexity index is 1310. The molecule has 38 heavy (non-hydrogen) atoms. The molecule has 5 atom stereocenters. The lowest BCUT2D eigenvalue weighted by Crippen LogP contribution is -2.41. The SMILES string of the molecule is C#C[C@@]1(O)C[C@@H](COP(=S)(N[C@@H](CCC)C(=O)OC(C)C)Oc2ccccc2)O[C@H]1n1ccc(=O)[nH]c1=O. The van der Waals surface area contributed by atoms with Gasteiger partial charge >= 0.3 is 18.3 Å². The quantitative estimate of drug-likeness (QED) is 0.199. The highest BCUT2D eigenvalue weighted by atomic mass is 32.5. The molecule has 0 saturated carbocycles. The molecule has 1 aromatic heterocycles. The third kappa shape index (κ3) is 7.63. The van der Waals surface area contributed by atoms with Gasteiger partial charge in [0, 0.05) is 18.7 Å².